The Bertz CT molecular complexity index is 1210. The fourth-order valence-electron chi connectivity index (χ4n) is 6.47. The smallest absolute Gasteiger partial charge is 0.236 e. The maximum absolute atomic E-state index is 13.0. The molecule has 2 aromatic heterocycles. The number of hydrogen-bond acceptors (Lipinski definition) is 3. The fourth-order valence-corrected chi connectivity index (χ4v) is 6.47. The summed E-state index contributed by atoms with van der Waals surface area (Å²) in [6.45, 7) is 15.5. The number of aryl methyl sites for hydroxylation is 2. The molecule has 5 nitrogen and oxygen atoms in total. The number of rotatable bonds is 5. The van der Waals surface area contributed by atoms with Crippen molar-refractivity contribution in [2.75, 3.05) is 32.7 Å². The van der Waals surface area contributed by atoms with Crippen molar-refractivity contribution in [3.05, 3.63) is 52.8 Å². The van der Waals surface area contributed by atoms with E-state index < -0.39 is 0 Å². The summed E-state index contributed by atoms with van der Waals surface area (Å²) < 4.78 is 0. The molecule has 2 fully saturated rings. The molecule has 4 heterocycles. The van der Waals surface area contributed by atoms with Crippen molar-refractivity contribution in [2.24, 2.45) is 5.92 Å². The van der Waals surface area contributed by atoms with Crippen molar-refractivity contribution in [1.82, 2.24) is 19.8 Å². The second kappa shape index (κ2) is 10.4. The van der Waals surface area contributed by atoms with Gasteiger partial charge in [0.15, 0.2) is 0 Å². The van der Waals surface area contributed by atoms with Gasteiger partial charge in [0.2, 0.25) is 5.91 Å². The first-order valence-electron chi connectivity index (χ1n) is 13.9. The maximum atomic E-state index is 13.0. The van der Waals surface area contributed by atoms with Crippen LogP contribution in [0.2, 0.25) is 0 Å². The zero-order valence-electron chi connectivity index (χ0n) is 22.7. The maximum Gasteiger partial charge on any atom is 0.236 e. The third kappa shape index (κ3) is 5.22. The summed E-state index contributed by atoms with van der Waals surface area (Å²) >= 11 is 0. The molecule has 0 bridgehead atoms. The van der Waals surface area contributed by atoms with E-state index in [1.54, 1.807) is 0 Å². The minimum absolute atomic E-state index is 0.318. The van der Waals surface area contributed by atoms with Crippen LogP contribution in [0, 0.1) is 19.8 Å². The first-order chi connectivity index (χ1) is 17.3. The quantitative estimate of drug-likeness (QED) is 0.453. The number of carbonyl (C=O) groups is 1. The van der Waals surface area contributed by atoms with Gasteiger partial charge in [0.25, 0.3) is 0 Å². The van der Waals surface area contributed by atoms with E-state index in [0.717, 1.165) is 50.4 Å². The lowest BCUT2D eigenvalue weighted by molar-refractivity contribution is -0.133. The molecule has 3 aromatic rings. The Kier molecular flexibility index (Phi) is 7.21. The minimum Gasteiger partial charge on any atom is -0.354 e. The van der Waals surface area contributed by atoms with Gasteiger partial charge in [0.1, 0.15) is 0 Å². The second-order valence-corrected chi connectivity index (χ2v) is 11.6. The summed E-state index contributed by atoms with van der Waals surface area (Å²) in [5.41, 5.74) is 8.54. The Morgan fingerprint density at radius 1 is 1.06 bits per heavy atom. The Hall–Kier alpha value is -2.66. The highest BCUT2D eigenvalue weighted by Crippen LogP contribution is 2.38. The molecule has 1 aromatic carbocycles. The number of amides is 1. The molecule has 1 atom stereocenters. The van der Waals surface area contributed by atoms with Crippen LogP contribution in [0.25, 0.3) is 22.2 Å². The lowest BCUT2D eigenvalue weighted by atomic mass is 9.87. The van der Waals surface area contributed by atoms with Gasteiger partial charge in [0.05, 0.1) is 12.2 Å². The second-order valence-electron chi connectivity index (χ2n) is 11.6. The zero-order chi connectivity index (χ0) is 25.4. The SMILES string of the molecule is Cc1cc(-c2[nH]c3ccc(C4CCN(C(=O)CN5CCCC(C)C5)CC4)cc3c2C(C)C)cc(C)n1. The molecular weight excluding hydrogens is 444 g/mol. The summed E-state index contributed by atoms with van der Waals surface area (Å²) in [5, 5.41) is 1.34. The van der Waals surface area contributed by atoms with Crippen LogP contribution in [0.1, 0.15) is 80.8 Å². The van der Waals surface area contributed by atoms with Gasteiger partial charge in [-0.1, -0.05) is 26.8 Å². The zero-order valence-corrected chi connectivity index (χ0v) is 22.7. The molecule has 1 unspecified atom stereocenters. The molecule has 5 heteroatoms. The number of fused-ring (bicyclic) bond motifs is 1. The number of H-pyrrole nitrogens is 1. The number of nitrogens with zero attached hydrogens (tertiary/aromatic N) is 3. The topological polar surface area (TPSA) is 52.2 Å². The molecule has 1 N–H and O–H groups in total. The predicted octanol–water partition coefficient (Wildman–Crippen LogP) is 6.41. The van der Waals surface area contributed by atoms with Crippen LogP contribution in [0.15, 0.2) is 30.3 Å². The van der Waals surface area contributed by atoms with Gasteiger partial charge in [-0.05, 0) is 99.2 Å². The van der Waals surface area contributed by atoms with Crippen LogP contribution in [-0.2, 0) is 4.79 Å². The van der Waals surface area contributed by atoms with E-state index in [9.17, 15) is 4.79 Å². The van der Waals surface area contributed by atoms with Gasteiger partial charge in [-0.15, -0.1) is 0 Å². The van der Waals surface area contributed by atoms with Crippen LogP contribution in [0.3, 0.4) is 0 Å². The molecule has 2 aliphatic rings. The highest BCUT2D eigenvalue weighted by molar-refractivity contribution is 5.92. The van der Waals surface area contributed by atoms with Crippen molar-refractivity contribution in [3.63, 3.8) is 0 Å². The number of aromatic nitrogens is 2. The molecule has 2 aliphatic heterocycles. The molecule has 36 heavy (non-hydrogen) atoms. The van der Waals surface area contributed by atoms with E-state index >= 15 is 0 Å². The molecule has 192 valence electrons. The largest absolute Gasteiger partial charge is 0.354 e. The van der Waals surface area contributed by atoms with Crippen LogP contribution < -0.4 is 0 Å². The van der Waals surface area contributed by atoms with E-state index in [0.29, 0.717) is 30.2 Å². The molecule has 5 rings (SSSR count). The summed E-state index contributed by atoms with van der Waals surface area (Å²) in [4.78, 5) is 25.7. The molecule has 0 radical (unpaired) electrons. The molecule has 2 saturated heterocycles. The minimum atomic E-state index is 0.318. The number of benzene rings is 1. The number of carbonyl (C=O) groups excluding carboxylic acids is 1. The summed E-state index contributed by atoms with van der Waals surface area (Å²) in [7, 11) is 0. The fraction of sp³-hybridized carbons (Fsp3) is 0.548. The monoisotopic (exact) mass is 486 g/mol. The van der Waals surface area contributed by atoms with E-state index in [2.05, 4.69) is 84.7 Å². The molecule has 0 spiro atoms. The average Bonchev–Trinajstić information content (AvgIpc) is 3.23. The van der Waals surface area contributed by atoms with E-state index in [-0.39, 0.29) is 0 Å². The number of hydrogen-bond donors (Lipinski definition) is 1. The van der Waals surface area contributed by atoms with Crippen molar-refractivity contribution < 1.29 is 4.79 Å². The van der Waals surface area contributed by atoms with Crippen LogP contribution in [-0.4, -0.2) is 58.4 Å². The van der Waals surface area contributed by atoms with Crippen LogP contribution >= 0.6 is 0 Å². The van der Waals surface area contributed by atoms with Gasteiger partial charge in [-0.25, -0.2) is 0 Å². The van der Waals surface area contributed by atoms with Crippen molar-refractivity contribution >= 4 is 16.8 Å². The third-order valence-electron chi connectivity index (χ3n) is 8.23. The average molecular weight is 487 g/mol. The van der Waals surface area contributed by atoms with Gasteiger partial charge in [-0.3, -0.25) is 14.7 Å². The Balaban J connectivity index is 1.32. The number of aromatic amines is 1. The van der Waals surface area contributed by atoms with Gasteiger partial charge in [0, 0.05) is 47.5 Å². The normalized spacial score (nSPS) is 19.9. The predicted molar refractivity (Wildman–Crippen MR) is 148 cm³/mol. The highest BCUT2D eigenvalue weighted by Gasteiger charge is 2.27. The van der Waals surface area contributed by atoms with E-state index in [1.807, 2.05) is 0 Å². The lowest BCUT2D eigenvalue weighted by Gasteiger charge is -2.35. The third-order valence-corrected chi connectivity index (χ3v) is 8.23. The molecule has 0 saturated carbocycles. The Labute approximate surface area is 216 Å². The van der Waals surface area contributed by atoms with Gasteiger partial charge < -0.3 is 9.88 Å². The molecular formula is C31H42N4O. The van der Waals surface area contributed by atoms with E-state index in [4.69, 9.17) is 0 Å². The van der Waals surface area contributed by atoms with Gasteiger partial charge >= 0.3 is 0 Å². The van der Waals surface area contributed by atoms with E-state index in [1.165, 1.54) is 46.1 Å². The Morgan fingerprint density at radius 3 is 2.44 bits per heavy atom. The van der Waals surface area contributed by atoms with Crippen LogP contribution in [0.4, 0.5) is 0 Å². The summed E-state index contributed by atoms with van der Waals surface area (Å²) in [6, 6.07) is 11.3. The standard InChI is InChI=1S/C31H42N4O/c1-20(2)30-27-17-25(8-9-28(27)33-31(30)26-15-22(4)32-23(5)16-26)24-10-13-35(14-11-24)29(36)19-34-12-6-7-21(3)18-34/h8-9,15-17,20-21,24,33H,6-7,10-14,18-19H2,1-5H3. The lowest BCUT2D eigenvalue weighted by Crippen LogP contribution is -2.46. The number of likely N-dealkylation sites (tertiary alicyclic amines) is 2. The van der Waals surface area contributed by atoms with Gasteiger partial charge in [-0.2, -0.15) is 0 Å². The van der Waals surface area contributed by atoms with Crippen LogP contribution in [0.5, 0.6) is 0 Å². The first kappa shape index (κ1) is 25.0. The van der Waals surface area contributed by atoms with Crippen molar-refractivity contribution in [1.29, 1.82) is 0 Å². The summed E-state index contributed by atoms with van der Waals surface area (Å²) in [6.07, 6.45) is 4.61. The van der Waals surface area contributed by atoms with Crippen molar-refractivity contribution in [2.45, 2.75) is 72.1 Å². The molecule has 1 amide bonds. The highest BCUT2D eigenvalue weighted by atomic mass is 16.2. The summed E-state index contributed by atoms with van der Waals surface area (Å²) in [5.74, 6) is 1.95. The number of piperidine rings is 2. The Morgan fingerprint density at radius 2 is 1.78 bits per heavy atom. The number of pyridine rings is 1. The number of nitrogens with one attached hydrogen (secondary N) is 1. The van der Waals surface area contributed by atoms with Crippen molar-refractivity contribution in [3.8, 4) is 11.3 Å². The first-order valence-corrected chi connectivity index (χ1v) is 13.9. The molecule has 0 aliphatic carbocycles.